The Hall–Kier alpha value is -2.26. The number of furan rings is 1. The number of anilines is 1. The lowest BCUT2D eigenvalue weighted by Crippen LogP contribution is -2.55. The molecular weight excluding hydrogens is 462 g/mol. The van der Waals surface area contributed by atoms with Gasteiger partial charge in [0.2, 0.25) is 11.8 Å². The highest BCUT2D eigenvalue weighted by Crippen LogP contribution is 2.28. The number of halogens is 1. The van der Waals surface area contributed by atoms with E-state index < -0.39 is 0 Å². The lowest BCUT2D eigenvalue weighted by molar-refractivity contribution is -0.139. The highest BCUT2D eigenvalue weighted by atomic mass is 35.5. The second-order valence-corrected chi connectivity index (χ2v) is 9.97. The highest BCUT2D eigenvalue weighted by Gasteiger charge is 2.33. The summed E-state index contributed by atoms with van der Waals surface area (Å²) in [5, 5.41) is 3.60. The van der Waals surface area contributed by atoms with Crippen molar-refractivity contribution in [2.45, 2.75) is 56.8 Å². The molecule has 8 nitrogen and oxygen atoms in total. The summed E-state index contributed by atoms with van der Waals surface area (Å²) in [4.78, 5) is 38.2. The van der Waals surface area contributed by atoms with Crippen molar-refractivity contribution in [1.29, 1.82) is 0 Å². The van der Waals surface area contributed by atoms with Crippen LogP contribution in [-0.4, -0.2) is 58.1 Å². The third kappa shape index (κ3) is 6.41. The van der Waals surface area contributed by atoms with Crippen LogP contribution in [0.1, 0.15) is 44.8 Å². The Morgan fingerprint density at radius 2 is 2.06 bits per heavy atom. The summed E-state index contributed by atoms with van der Waals surface area (Å²) in [5.74, 6) is 1.96. The minimum absolute atomic E-state index is 0.102. The zero-order chi connectivity index (χ0) is 23.2. The quantitative estimate of drug-likeness (QED) is 0.358. The van der Waals surface area contributed by atoms with Crippen LogP contribution < -0.4 is 10.2 Å². The van der Waals surface area contributed by atoms with Crippen LogP contribution in [0.25, 0.3) is 0 Å². The Kier molecular flexibility index (Phi) is 8.14. The highest BCUT2D eigenvalue weighted by molar-refractivity contribution is 7.99. The van der Waals surface area contributed by atoms with E-state index in [2.05, 4.69) is 27.1 Å². The summed E-state index contributed by atoms with van der Waals surface area (Å²) in [6.07, 6.45) is 7.17. The van der Waals surface area contributed by atoms with Gasteiger partial charge in [-0.3, -0.25) is 9.59 Å². The molecule has 10 heteroatoms. The number of carbonyl (C=O) groups is 2. The van der Waals surface area contributed by atoms with E-state index in [1.807, 2.05) is 11.0 Å². The summed E-state index contributed by atoms with van der Waals surface area (Å²) in [5.41, 5.74) is 0. The van der Waals surface area contributed by atoms with Crippen molar-refractivity contribution in [3.8, 4) is 0 Å². The van der Waals surface area contributed by atoms with Crippen LogP contribution in [0.5, 0.6) is 0 Å². The fraction of sp³-hybridized carbons (Fsp3) is 0.565. The maximum absolute atomic E-state index is 13.0. The van der Waals surface area contributed by atoms with Crippen LogP contribution in [0.3, 0.4) is 0 Å². The van der Waals surface area contributed by atoms with Crippen molar-refractivity contribution in [1.82, 2.24) is 20.2 Å². The molecule has 1 aliphatic heterocycles. The van der Waals surface area contributed by atoms with Gasteiger partial charge in [0.05, 0.1) is 18.6 Å². The van der Waals surface area contributed by atoms with E-state index >= 15 is 0 Å². The Balaban J connectivity index is 1.31. The molecule has 178 valence electrons. The van der Waals surface area contributed by atoms with Crippen LogP contribution >= 0.6 is 23.4 Å². The first kappa shape index (κ1) is 23.9. The standard InChI is InChI=1S/C23H30ClN5O3S/c1-16-14-28(9-10-29(16)22(31)17-6-3-2-4-7-17)20-12-19(24)26-23(27-20)33-15-21(30)25-13-18-8-5-11-32-18/h5,8,11-12,16-17H,2-4,6-7,9-10,13-15H2,1H3,(H,25,30). The van der Waals surface area contributed by atoms with Crippen LogP contribution in [0, 0.1) is 5.92 Å². The van der Waals surface area contributed by atoms with Crippen LogP contribution in [0.2, 0.25) is 5.15 Å². The first-order valence-electron chi connectivity index (χ1n) is 11.5. The Morgan fingerprint density at radius 1 is 1.24 bits per heavy atom. The van der Waals surface area contributed by atoms with Crippen molar-refractivity contribution >= 4 is 41.0 Å². The molecule has 2 aromatic rings. The third-order valence-corrected chi connectivity index (χ3v) is 7.26. The number of hydrogen-bond donors (Lipinski definition) is 1. The minimum atomic E-state index is -0.134. The molecule has 2 fully saturated rings. The van der Waals surface area contributed by atoms with Gasteiger partial charge in [0.15, 0.2) is 5.16 Å². The second-order valence-electron chi connectivity index (χ2n) is 8.64. The Bertz CT molecular complexity index is 952. The van der Waals surface area contributed by atoms with Gasteiger partial charge in [-0.25, -0.2) is 9.97 Å². The van der Waals surface area contributed by atoms with E-state index in [0.29, 0.717) is 48.2 Å². The predicted molar refractivity (Wildman–Crippen MR) is 128 cm³/mol. The van der Waals surface area contributed by atoms with Gasteiger partial charge in [-0.1, -0.05) is 42.6 Å². The molecule has 1 saturated heterocycles. The van der Waals surface area contributed by atoms with Crippen LogP contribution in [0.4, 0.5) is 5.82 Å². The van der Waals surface area contributed by atoms with Gasteiger partial charge in [-0.05, 0) is 31.9 Å². The van der Waals surface area contributed by atoms with E-state index in [-0.39, 0.29) is 23.6 Å². The normalized spacial score (nSPS) is 19.5. The molecule has 1 unspecified atom stereocenters. The zero-order valence-electron chi connectivity index (χ0n) is 18.8. The summed E-state index contributed by atoms with van der Waals surface area (Å²) >= 11 is 7.50. The number of aromatic nitrogens is 2. The number of nitrogens with zero attached hydrogens (tertiary/aromatic N) is 4. The molecule has 0 radical (unpaired) electrons. The van der Waals surface area contributed by atoms with Crippen LogP contribution in [0.15, 0.2) is 34.0 Å². The van der Waals surface area contributed by atoms with Crippen molar-refractivity contribution in [3.63, 3.8) is 0 Å². The van der Waals surface area contributed by atoms with E-state index in [1.165, 1.54) is 18.2 Å². The molecule has 3 heterocycles. The Morgan fingerprint density at radius 3 is 2.79 bits per heavy atom. The summed E-state index contributed by atoms with van der Waals surface area (Å²) in [6.45, 7) is 4.50. The van der Waals surface area contributed by atoms with Gasteiger partial charge in [-0.2, -0.15) is 0 Å². The van der Waals surface area contributed by atoms with Crippen molar-refractivity contribution in [2.75, 3.05) is 30.3 Å². The second kappa shape index (κ2) is 11.2. The lowest BCUT2D eigenvalue weighted by atomic mass is 9.88. The molecule has 1 N–H and O–H groups in total. The van der Waals surface area contributed by atoms with Gasteiger partial charge in [0.25, 0.3) is 0 Å². The van der Waals surface area contributed by atoms with Gasteiger partial charge < -0.3 is 19.5 Å². The predicted octanol–water partition coefficient (Wildman–Crippen LogP) is 3.75. The van der Waals surface area contributed by atoms with Gasteiger partial charge >= 0.3 is 0 Å². The van der Waals surface area contributed by atoms with Crippen molar-refractivity contribution in [3.05, 3.63) is 35.4 Å². The maximum atomic E-state index is 13.0. The minimum Gasteiger partial charge on any atom is -0.467 e. The van der Waals surface area contributed by atoms with Crippen LogP contribution in [-0.2, 0) is 16.1 Å². The van der Waals surface area contributed by atoms with Gasteiger partial charge in [0.1, 0.15) is 16.7 Å². The topological polar surface area (TPSA) is 91.6 Å². The Labute approximate surface area is 203 Å². The summed E-state index contributed by atoms with van der Waals surface area (Å²) in [7, 11) is 0. The number of piperazine rings is 1. The molecule has 1 atom stereocenters. The average Bonchev–Trinajstić information content (AvgIpc) is 3.35. The van der Waals surface area contributed by atoms with Gasteiger partial charge in [-0.15, -0.1) is 0 Å². The first-order valence-corrected chi connectivity index (χ1v) is 12.9. The van der Waals surface area contributed by atoms with Crippen molar-refractivity contribution < 1.29 is 14.0 Å². The molecule has 2 amide bonds. The first-order chi connectivity index (χ1) is 16.0. The van der Waals surface area contributed by atoms with E-state index in [0.717, 1.165) is 31.5 Å². The monoisotopic (exact) mass is 491 g/mol. The molecule has 1 saturated carbocycles. The molecule has 0 aromatic carbocycles. The third-order valence-electron chi connectivity index (χ3n) is 6.22. The molecule has 4 rings (SSSR count). The maximum Gasteiger partial charge on any atom is 0.230 e. The van der Waals surface area contributed by atoms with Crippen molar-refractivity contribution in [2.24, 2.45) is 5.92 Å². The van der Waals surface area contributed by atoms with E-state index in [1.54, 1.807) is 18.4 Å². The number of nitrogens with one attached hydrogen (secondary N) is 1. The number of carbonyl (C=O) groups excluding carboxylic acids is 2. The van der Waals surface area contributed by atoms with E-state index in [9.17, 15) is 9.59 Å². The molecule has 1 aliphatic carbocycles. The smallest absolute Gasteiger partial charge is 0.230 e. The lowest BCUT2D eigenvalue weighted by Gasteiger charge is -2.42. The number of rotatable bonds is 7. The molecule has 33 heavy (non-hydrogen) atoms. The fourth-order valence-electron chi connectivity index (χ4n) is 4.47. The zero-order valence-corrected chi connectivity index (χ0v) is 20.4. The molecule has 2 aliphatic rings. The summed E-state index contributed by atoms with van der Waals surface area (Å²) in [6, 6.07) is 5.44. The number of thioether (sulfide) groups is 1. The average molecular weight is 492 g/mol. The largest absolute Gasteiger partial charge is 0.467 e. The fourth-order valence-corrected chi connectivity index (χ4v) is 5.38. The van der Waals surface area contributed by atoms with Gasteiger partial charge in [0, 0.05) is 37.7 Å². The SMILES string of the molecule is CC1CN(c2cc(Cl)nc(SCC(=O)NCc3ccco3)n2)CCN1C(=O)C1CCCCC1. The number of amides is 2. The molecule has 2 aromatic heterocycles. The number of hydrogen-bond acceptors (Lipinski definition) is 7. The summed E-state index contributed by atoms with van der Waals surface area (Å²) < 4.78 is 5.22. The molecule has 0 spiro atoms. The molecule has 0 bridgehead atoms. The van der Waals surface area contributed by atoms with E-state index in [4.69, 9.17) is 16.0 Å². The molecular formula is C23H30ClN5O3S.